The molecular formula is C11H10N2O2S. The Bertz CT molecular complexity index is 555. The van der Waals surface area contributed by atoms with E-state index in [-0.39, 0.29) is 5.56 Å². The minimum atomic E-state index is -0.975. The number of rotatable bonds is 2. The monoisotopic (exact) mass is 234 g/mol. The number of nitrogens with zero attached hydrogens (tertiary/aromatic N) is 1. The van der Waals surface area contributed by atoms with Crippen LogP contribution in [-0.2, 0) is 10.8 Å². The summed E-state index contributed by atoms with van der Waals surface area (Å²) in [6.07, 6.45) is 1.63. The molecule has 0 aliphatic carbocycles. The van der Waals surface area contributed by atoms with Gasteiger partial charge in [-0.05, 0) is 18.2 Å². The van der Waals surface area contributed by atoms with E-state index < -0.39 is 10.8 Å². The molecule has 0 aliphatic rings. The highest BCUT2D eigenvalue weighted by Gasteiger charge is 2.01. The molecule has 1 unspecified atom stereocenters. The molecule has 5 heteroatoms. The van der Waals surface area contributed by atoms with Crippen molar-refractivity contribution in [1.82, 2.24) is 10.2 Å². The van der Waals surface area contributed by atoms with Crippen LogP contribution in [0.25, 0.3) is 11.3 Å². The van der Waals surface area contributed by atoms with E-state index in [1.807, 2.05) is 12.1 Å². The molecule has 1 aromatic carbocycles. The topological polar surface area (TPSA) is 62.8 Å². The van der Waals surface area contributed by atoms with E-state index in [9.17, 15) is 9.00 Å². The number of hydrogen-bond acceptors (Lipinski definition) is 3. The lowest BCUT2D eigenvalue weighted by Gasteiger charge is -2.00. The van der Waals surface area contributed by atoms with Crippen LogP contribution in [0, 0.1) is 0 Å². The summed E-state index contributed by atoms with van der Waals surface area (Å²) in [5.74, 6) is 0. The third-order valence-corrected chi connectivity index (χ3v) is 3.10. The number of benzene rings is 1. The molecule has 2 aromatic rings. The molecule has 1 N–H and O–H groups in total. The molecule has 16 heavy (non-hydrogen) atoms. The Morgan fingerprint density at radius 3 is 2.31 bits per heavy atom. The van der Waals surface area contributed by atoms with Crippen molar-refractivity contribution in [3.8, 4) is 11.3 Å². The summed E-state index contributed by atoms with van der Waals surface area (Å²) in [5.41, 5.74) is 1.34. The largest absolute Gasteiger partial charge is 0.268 e. The highest BCUT2D eigenvalue weighted by molar-refractivity contribution is 7.84. The first-order chi connectivity index (χ1) is 7.66. The first-order valence-electron chi connectivity index (χ1n) is 4.66. The van der Waals surface area contributed by atoms with Crippen molar-refractivity contribution < 1.29 is 4.21 Å². The third kappa shape index (κ3) is 2.25. The van der Waals surface area contributed by atoms with Gasteiger partial charge in [0.15, 0.2) is 0 Å². The van der Waals surface area contributed by atoms with Crippen molar-refractivity contribution in [2.24, 2.45) is 0 Å². The minimum absolute atomic E-state index is 0.227. The van der Waals surface area contributed by atoms with Gasteiger partial charge in [-0.3, -0.25) is 9.00 Å². The van der Waals surface area contributed by atoms with Crippen LogP contribution in [0.15, 0.2) is 46.1 Å². The van der Waals surface area contributed by atoms with Crippen LogP contribution in [0.4, 0.5) is 0 Å². The maximum atomic E-state index is 11.2. The van der Waals surface area contributed by atoms with E-state index in [1.54, 1.807) is 24.5 Å². The summed E-state index contributed by atoms with van der Waals surface area (Å²) in [4.78, 5) is 11.6. The van der Waals surface area contributed by atoms with Gasteiger partial charge in [-0.25, -0.2) is 5.10 Å². The lowest BCUT2D eigenvalue weighted by molar-refractivity contribution is 0.687. The lowest BCUT2D eigenvalue weighted by Crippen LogP contribution is -2.05. The van der Waals surface area contributed by atoms with Gasteiger partial charge in [0.1, 0.15) is 0 Å². The van der Waals surface area contributed by atoms with E-state index in [4.69, 9.17) is 0 Å². The molecule has 0 radical (unpaired) electrons. The van der Waals surface area contributed by atoms with Gasteiger partial charge in [0.2, 0.25) is 0 Å². The lowest BCUT2D eigenvalue weighted by atomic mass is 10.1. The number of hydrogen-bond donors (Lipinski definition) is 1. The first kappa shape index (κ1) is 10.8. The van der Waals surface area contributed by atoms with Crippen molar-refractivity contribution in [2.45, 2.75) is 4.90 Å². The molecule has 82 valence electrons. The van der Waals surface area contributed by atoms with Gasteiger partial charge in [0, 0.05) is 33.6 Å². The van der Waals surface area contributed by atoms with Crippen molar-refractivity contribution in [3.05, 3.63) is 46.8 Å². The average Bonchev–Trinajstić information content (AvgIpc) is 2.30. The van der Waals surface area contributed by atoms with Gasteiger partial charge < -0.3 is 0 Å². The summed E-state index contributed by atoms with van der Waals surface area (Å²) in [7, 11) is -0.975. The Labute approximate surface area is 94.8 Å². The van der Waals surface area contributed by atoms with Crippen LogP contribution in [-0.4, -0.2) is 20.7 Å². The molecule has 0 saturated heterocycles. The van der Waals surface area contributed by atoms with Gasteiger partial charge in [0.05, 0.1) is 5.69 Å². The van der Waals surface area contributed by atoms with Gasteiger partial charge >= 0.3 is 0 Å². The van der Waals surface area contributed by atoms with E-state index in [1.165, 1.54) is 6.07 Å². The fourth-order valence-electron chi connectivity index (χ4n) is 1.32. The highest BCUT2D eigenvalue weighted by Crippen LogP contribution is 2.16. The molecule has 1 heterocycles. The molecular weight excluding hydrogens is 224 g/mol. The first-order valence-corrected chi connectivity index (χ1v) is 6.22. The highest BCUT2D eigenvalue weighted by atomic mass is 32.2. The Kier molecular flexibility index (Phi) is 2.96. The van der Waals surface area contributed by atoms with Crippen molar-refractivity contribution in [1.29, 1.82) is 0 Å². The number of aromatic nitrogens is 2. The molecule has 0 aliphatic heterocycles. The fraction of sp³-hybridized carbons (Fsp3) is 0.0909. The van der Waals surface area contributed by atoms with Gasteiger partial charge in [-0.2, -0.15) is 5.10 Å². The van der Waals surface area contributed by atoms with E-state index in [2.05, 4.69) is 10.2 Å². The molecule has 0 amide bonds. The second-order valence-corrected chi connectivity index (χ2v) is 4.66. The summed E-state index contributed by atoms with van der Waals surface area (Å²) in [6, 6.07) is 10.3. The summed E-state index contributed by atoms with van der Waals surface area (Å²) < 4.78 is 11.2. The van der Waals surface area contributed by atoms with Crippen molar-refractivity contribution in [3.63, 3.8) is 0 Å². The van der Waals surface area contributed by atoms with Gasteiger partial charge in [-0.1, -0.05) is 12.1 Å². The normalized spacial score (nSPS) is 12.3. The fourth-order valence-corrected chi connectivity index (χ4v) is 1.84. The third-order valence-electron chi connectivity index (χ3n) is 2.16. The second-order valence-electron chi connectivity index (χ2n) is 3.28. The van der Waals surface area contributed by atoms with E-state index >= 15 is 0 Å². The molecule has 2 rings (SSSR count). The molecule has 1 aromatic heterocycles. The predicted molar refractivity (Wildman–Crippen MR) is 62.6 cm³/mol. The zero-order valence-corrected chi connectivity index (χ0v) is 9.45. The molecule has 4 nitrogen and oxygen atoms in total. The van der Waals surface area contributed by atoms with Crippen LogP contribution in [0.2, 0.25) is 0 Å². The quantitative estimate of drug-likeness (QED) is 0.848. The predicted octanol–water partition coefficient (Wildman–Crippen LogP) is 1.17. The zero-order valence-electron chi connectivity index (χ0n) is 8.64. The Balaban J connectivity index is 2.38. The smallest absolute Gasteiger partial charge is 0.264 e. The second kappa shape index (κ2) is 4.40. The van der Waals surface area contributed by atoms with Crippen LogP contribution in [0.1, 0.15) is 0 Å². The van der Waals surface area contributed by atoms with Crippen LogP contribution in [0.5, 0.6) is 0 Å². The van der Waals surface area contributed by atoms with Crippen LogP contribution in [0.3, 0.4) is 0 Å². The van der Waals surface area contributed by atoms with Crippen molar-refractivity contribution in [2.75, 3.05) is 6.26 Å². The van der Waals surface area contributed by atoms with Crippen LogP contribution >= 0.6 is 0 Å². The average molecular weight is 234 g/mol. The minimum Gasteiger partial charge on any atom is -0.268 e. The number of aromatic amines is 1. The van der Waals surface area contributed by atoms with E-state index in [0.717, 1.165) is 10.5 Å². The van der Waals surface area contributed by atoms with Gasteiger partial charge in [-0.15, -0.1) is 0 Å². The molecule has 0 saturated carbocycles. The Hall–Kier alpha value is -1.75. The van der Waals surface area contributed by atoms with Crippen LogP contribution < -0.4 is 5.56 Å². The maximum Gasteiger partial charge on any atom is 0.264 e. The molecule has 0 bridgehead atoms. The standard InChI is InChI=1S/C11H10N2O2S/c1-16(15)9-4-2-8(3-5-9)10-6-7-11(14)13-12-10/h2-7H,1H3,(H,13,14). The zero-order chi connectivity index (χ0) is 11.5. The van der Waals surface area contributed by atoms with Crippen molar-refractivity contribution >= 4 is 10.8 Å². The molecule has 0 spiro atoms. The SMILES string of the molecule is CS(=O)c1ccc(-c2ccc(=O)[nH]n2)cc1. The Morgan fingerprint density at radius 1 is 1.12 bits per heavy atom. The summed E-state index contributed by atoms with van der Waals surface area (Å²) >= 11 is 0. The summed E-state index contributed by atoms with van der Waals surface area (Å²) in [5, 5.41) is 6.28. The van der Waals surface area contributed by atoms with E-state index in [0.29, 0.717) is 5.69 Å². The van der Waals surface area contributed by atoms with Gasteiger partial charge in [0.25, 0.3) is 5.56 Å². The summed E-state index contributed by atoms with van der Waals surface area (Å²) in [6.45, 7) is 0. The number of H-pyrrole nitrogens is 1. The molecule has 1 atom stereocenters. The Morgan fingerprint density at radius 2 is 1.81 bits per heavy atom. The maximum absolute atomic E-state index is 11.2. The molecule has 0 fully saturated rings. The number of nitrogens with one attached hydrogen (secondary N) is 1.